The van der Waals surface area contributed by atoms with Crippen LogP contribution in [0.2, 0.25) is 5.02 Å². The van der Waals surface area contributed by atoms with E-state index < -0.39 is 17.4 Å². The molecule has 88 valence electrons. The zero-order valence-corrected chi connectivity index (χ0v) is 9.91. The predicted molar refractivity (Wildman–Crippen MR) is 63.5 cm³/mol. The number of rotatable bonds is 2. The molecule has 0 radical (unpaired) electrons. The van der Waals surface area contributed by atoms with Crippen molar-refractivity contribution in [2.24, 2.45) is 0 Å². The van der Waals surface area contributed by atoms with Gasteiger partial charge in [0.1, 0.15) is 11.6 Å². The molecule has 0 spiro atoms. The molecule has 0 aliphatic heterocycles. The Labute approximate surface area is 105 Å². The average Bonchev–Trinajstić information content (AvgIpc) is 2.69. The lowest BCUT2D eigenvalue weighted by atomic mass is 10.1. The summed E-state index contributed by atoms with van der Waals surface area (Å²) in [5, 5.41) is 1.85. The second-order valence-electron chi connectivity index (χ2n) is 3.28. The van der Waals surface area contributed by atoms with Gasteiger partial charge in [-0.15, -0.1) is 11.3 Å². The summed E-state index contributed by atoms with van der Waals surface area (Å²) in [6, 6.07) is 3.09. The molecule has 2 rings (SSSR count). The number of hydrogen-bond donors (Lipinski definition) is 1. The first-order chi connectivity index (χ1) is 8.00. The molecule has 0 amide bonds. The van der Waals surface area contributed by atoms with E-state index in [2.05, 4.69) is 0 Å². The van der Waals surface area contributed by atoms with E-state index in [9.17, 15) is 13.6 Å². The topological polar surface area (TPSA) is 43.1 Å². The monoisotopic (exact) mass is 273 g/mol. The van der Waals surface area contributed by atoms with E-state index in [0.717, 1.165) is 17.4 Å². The molecule has 1 aromatic heterocycles. The van der Waals surface area contributed by atoms with Crippen LogP contribution >= 0.6 is 22.9 Å². The molecule has 0 fully saturated rings. The molecule has 2 nitrogen and oxygen atoms in total. The van der Waals surface area contributed by atoms with Gasteiger partial charge in [-0.2, -0.15) is 0 Å². The van der Waals surface area contributed by atoms with Crippen molar-refractivity contribution in [2.75, 3.05) is 5.73 Å². The number of ketones is 1. The van der Waals surface area contributed by atoms with Gasteiger partial charge in [0.15, 0.2) is 0 Å². The Morgan fingerprint density at radius 1 is 1.29 bits per heavy atom. The van der Waals surface area contributed by atoms with Gasteiger partial charge in [0.25, 0.3) is 0 Å². The molecule has 1 aromatic carbocycles. The zero-order chi connectivity index (χ0) is 12.6. The average molecular weight is 274 g/mol. The highest BCUT2D eigenvalue weighted by molar-refractivity contribution is 7.13. The second kappa shape index (κ2) is 4.43. The van der Waals surface area contributed by atoms with E-state index >= 15 is 0 Å². The molecule has 2 aromatic rings. The standard InChI is InChI=1S/C11H6ClF2NOS/c12-6-1-2-17-11(6)10(16)5-3-9(15)8(14)4-7(5)13/h1-4H,15H2. The first-order valence-corrected chi connectivity index (χ1v) is 5.78. The maximum atomic E-state index is 13.4. The lowest BCUT2D eigenvalue weighted by Crippen LogP contribution is -2.05. The third-order valence-electron chi connectivity index (χ3n) is 2.15. The minimum absolute atomic E-state index is 0.205. The Hall–Kier alpha value is -1.46. The van der Waals surface area contributed by atoms with Crippen molar-refractivity contribution in [1.82, 2.24) is 0 Å². The number of nitrogens with two attached hydrogens (primary N) is 1. The molecule has 0 atom stereocenters. The quantitative estimate of drug-likeness (QED) is 0.672. The molecule has 6 heteroatoms. The fourth-order valence-corrected chi connectivity index (χ4v) is 2.41. The van der Waals surface area contributed by atoms with Gasteiger partial charge in [0.2, 0.25) is 5.78 Å². The summed E-state index contributed by atoms with van der Waals surface area (Å²) >= 11 is 6.86. The molecule has 0 aliphatic carbocycles. The van der Waals surface area contributed by atoms with Gasteiger partial charge in [0, 0.05) is 6.07 Å². The van der Waals surface area contributed by atoms with Crippen LogP contribution in [0.4, 0.5) is 14.5 Å². The number of halogens is 3. The molecule has 0 saturated heterocycles. The third kappa shape index (κ3) is 2.16. The third-order valence-corrected chi connectivity index (χ3v) is 3.49. The summed E-state index contributed by atoms with van der Waals surface area (Å²) in [6.07, 6.45) is 0. The van der Waals surface area contributed by atoms with Crippen LogP contribution in [0.5, 0.6) is 0 Å². The molecule has 17 heavy (non-hydrogen) atoms. The number of hydrogen-bond acceptors (Lipinski definition) is 3. The van der Waals surface area contributed by atoms with Gasteiger partial charge in [-0.25, -0.2) is 8.78 Å². The van der Waals surface area contributed by atoms with E-state index in [4.69, 9.17) is 17.3 Å². The Morgan fingerprint density at radius 2 is 2.00 bits per heavy atom. The summed E-state index contributed by atoms with van der Waals surface area (Å²) in [7, 11) is 0. The smallest absolute Gasteiger partial charge is 0.207 e. The van der Waals surface area contributed by atoms with Crippen LogP contribution < -0.4 is 5.73 Å². The van der Waals surface area contributed by atoms with Gasteiger partial charge >= 0.3 is 0 Å². The minimum Gasteiger partial charge on any atom is -0.396 e. The van der Waals surface area contributed by atoms with Gasteiger partial charge in [0.05, 0.1) is 21.2 Å². The second-order valence-corrected chi connectivity index (χ2v) is 4.60. The first-order valence-electron chi connectivity index (χ1n) is 4.53. The molecule has 0 unspecified atom stereocenters. The lowest BCUT2D eigenvalue weighted by Gasteiger charge is -2.04. The molecular formula is C11H6ClF2NOS. The largest absolute Gasteiger partial charge is 0.396 e. The van der Waals surface area contributed by atoms with Crippen LogP contribution in [0.1, 0.15) is 15.2 Å². The number of carbonyl (C=O) groups excluding carboxylic acids is 1. The number of anilines is 1. The van der Waals surface area contributed by atoms with Crippen molar-refractivity contribution >= 4 is 34.4 Å². The molecule has 2 N–H and O–H groups in total. The Bertz CT molecular complexity index is 597. The van der Waals surface area contributed by atoms with Gasteiger partial charge < -0.3 is 5.73 Å². The van der Waals surface area contributed by atoms with E-state index in [0.29, 0.717) is 6.07 Å². The number of carbonyl (C=O) groups is 1. The molecule has 0 saturated carbocycles. The predicted octanol–water partition coefficient (Wildman–Crippen LogP) is 3.49. The van der Waals surface area contributed by atoms with Crippen molar-refractivity contribution in [3.63, 3.8) is 0 Å². The van der Waals surface area contributed by atoms with E-state index in [1.807, 2.05) is 0 Å². The number of thiophene rings is 1. The fourth-order valence-electron chi connectivity index (χ4n) is 1.32. The lowest BCUT2D eigenvalue weighted by molar-refractivity contribution is 0.103. The van der Waals surface area contributed by atoms with Crippen LogP contribution in [-0.4, -0.2) is 5.78 Å². The van der Waals surface area contributed by atoms with Crippen molar-refractivity contribution in [1.29, 1.82) is 0 Å². The zero-order valence-electron chi connectivity index (χ0n) is 8.34. The maximum absolute atomic E-state index is 13.4. The minimum atomic E-state index is -0.953. The highest BCUT2D eigenvalue weighted by Crippen LogP contribution is 2.27. The highest BCUT2D eigenvalue weighted by Gasteiger charge is 2.19. The Kier molecular flexibility index (Phi) is 3.13. The van der Waals surface area contributed by atoms with Crippen molar-refractivity contribution in [2.45, 2.75) is 0 Å². The molecular weight excluding hydrogens is 268 g/mol. The SMILES string of the molecule is Nc1cc(C(=O)c2sccc2Cl)c(F)cc1F. The summed E-state index contributed by atoms with van der Waals surface area (Å²) in [5.41, 5.74) is 4.74. The van der Waals surface area contributed by atoms with Gasteiger partial charge in [-0.1, -0.05) is 11.6 Å². The van der Waals surface area contributed by atoms with Crippen molar-refractivity contribution < 1.29 is 13.6 Å². The number of benzene rings is 1. The fraction of sp³-hybridized carbons (Fsp3) is 0. The Morgan fingerprint density at radius 3 is 2.59 bits per heavy atom. The van der Waals surface area contributed by atoms with Crippen LogP contribution in [0.3, 0.4) is 0 Å². The molecule has 0 bridgehead atoms. The van der Waals surface area contributed by atoms with Crippen molar-refractivity contribution in [3.05, 3.63) is 50.7 Å². The van der Waals surface area contributed by atoms with Gasteiger partial charge in [-0.05, 0) is 17.5 Å². The van der Waals surface area contributed by atoms with E-state index in [-0.39, 0.29) is 21.2 Å². The summed E-state index contributed by atoms with van der Waals surface area (Å²) < 4.78 is 26.4. The van der Waals surface area contributed by atoms with Crippen LogP contribution in [0, 0.1) is 11.6 Å². The normalized spacial score (nSPS) is 10.5. The van der Waals surface area contributed by atoms with E-state index in [1.54, 1.807) is 5.38 Å². The van der Waals surface area contributed by atoms with Crippen LogP contribution in [0.15, 0.2) is 23.6 Å². The number of nitrogen functional groups attached to an aromatic ring is 1. The summed E-state index contributed by atoms with van der Waals surface area (Å²) in [4.78, 5) is 12.1. The van der Waals surface area contributed by atoms with Crippen molar-refractivity contribution in [3.8, 4) is 0 Å². The van der Waals surface area contributed by atoms with Crippen LogP contribution in [-0.2, 0) is 0 Å². The summed E-state index contributed by atoms with van der Waals surface area (Å²) in [5.74, 6) is -2.45. The maximum Gasteiger partial charge on any atom is 0.207 e. The summed E-state index contributed by atoms with van der Waals surface area (Å²) in [6.45, 7) is 0. The van der Waals surface area contributed by atoms with Crippen LogP contribution in [0.25, 0.3) is 0 Å². The van der Waals surface area contributed by atoms with E-state index in [1.165, 1.54) is 6.07 Å². The first kappa shape index (κ1) is 12.0. The Balaban J connectivity index is 2.52. The van der Waals surface area contributed by atoms with Gasteiger partial charge in [-0.3, -0.25) is 4.79 Å². The molecule has 1 heterocycles. The highest BCUT2D eigenvalue weighted by atomic mass is 35.5. The molecule has 0 aliphatic rings.